The van der Waals surface area contributed by atoms with Gasteiger partial charge in [0, 0.05) is 24.7 Å². The van der Waals surface area contributed by atoms with Crippen molar-refractivity contribution >= 4 is 5.91 Å². The summed E-state index contributed by atoms with van der Waals surface area (Å²) in [4.78, 5) is 14.2. The standard InChI is InChI=1S/C12H16N2O2/c1-8-4-6-16-11(8)12(15)14-5-2-3-9-10(14)7-13-9/h4,6,9-10,13H,2-3,5,7H2,1H3. The lowest BCUT2D eigenvalue weighted by Gasteiger charge is -2.48. The van der Waals surface area contributed by atoms with Crippen LogP contribution in [0.3, 0.4) is 0 Å². The number of piperidine rings is 1. The predicted molar refractivity (Wildman–Crippen MR) is 59.3 cm³/mol. The maximum Gasteiger partial charge on any atom is 0.290 e. The molecule has 1 N–H and O–H groups in total. The highest BCUT2D eigenvalue weighted by Crippen LogP contribution is 2.25. The van der Waals surface area contributed by atoms with E-state index in [9.17, 15) is 4.79 Å². The van der Waals surface area contributed by atoms with E-state index in [0.717, 1.165) is 25.1 Å². The SMILES string of the molecule is Cc1ccoc1C(=O)N1CCCC2NCC21. The molecular weight excluding hydrogens is 204 g/mol. The molecule has 2 saturated heterocycles. The normalized spacial score (nSPS) is 28.4. The Kier molecular flexibility index (Phi) is 2.24. The first kappa shape index (κ1) is 9.90. The van der Waals surface area contributed by atoms with Gasteiger partial charge in [-0.25, -0.2) is 0 Å². The zero-order valence-electron chi connectivity index (χ0n) is 9.40. The van der Waals surface area contributed by atoms with Crippen molar-refractivity contribution in [2.24, 2.45) is 0 Å². The van der Waals surface area contributed by atoms with Gasteiger partial charge >= 0.3 is 0 Å². The van der Waals surface area contributed by atoms with Crippen LogP contribution < -0.4 is 5.32 Å². The second kappa shape index (κ2) is 3.63. The molecule has 1 aromatic rings. The molecule has 2 fully saturated rings. The maximum absolute atomic E-state index is 12.3. The Balaban J connectivity index is 1.82. The molecule has 0 aromatic carbocycles. The molecule has 86 valence electrons. The van der Waals surface area contributed by atoms with E-state index in [-0.39, 0.29) is 5.91 Å². The van der Waals surface area contributed by atoms with E-state index in [2.05, 4.69) is 5.32 Å². The number of fused-ring (bicyclic) bond motifs is 1. The Labute approximate surface area is 94.6 Å². The van der Waals surface area contributed by atoms with Crippen LogP contribution in [0.15, 0.2) is 16.7 Å². The molecule has 2 atom stereocenters. The van der Waals surface area contributed by atoms with E-state index < -0.39 is 0 Å². The van der Waals surface area contributed by atoms with Crippen LogP contribution in [0.25, 0.3) is 0 Å². The lowest BCUT2D eigenvalue weighted by Crippen LogP contribution is -2.68. The number of nitrogens with zero attached hydrogens (tertiary/aromatic N) is 1. The smallest absolute Gasteiger partial charge is 0.290 e. The summed E-state index contributed by atoms with van der Waals surface area (Å²) in [6.07, 6.45) is 3.86. The first-order valence-electron chi connectivity index (χ1n) is 5.86. The zero-order valence-corrected chi connectivity index (χ0v) is 9.40. The third-order valence-electron chi connectivity index (χ3n) is 3.69. The van der Waals surface area contributed by atoms with E-state index in [1.807, 2.05) is 17.9 Å². The largest absolute Gasteiger partial charge is 0.459 e. The van der Waals surface area contributed by atoms with E-state index in [1.165, 1.54) is 6.42 Å². The zero-order chi connectivity index (χ0) is 11.1. The summed E-state index contributed by atoms with van der Waals surface area (Å²) in [5.41, 5.74) is 0.930. The minimum atomic E-state index is 0.0544. The molecule has 3 rings (SSSR count). The fourth-order valence-electron chi connectivity index (χ4n) is 2.63. The number of furan rings is 1. The van der Waals surface area contributed by atoms with Gasteiger partial charge < -0.3 is 14.6 Å². The summed E-state index contributed by atoms with van der Waals surface area (Å²) in [5.74, 6) is 0.561. The molecule has 1 aromatic heterocycles. The van der Waals surface area contributed by atoms with Crippen LogP contribution in [-0.2, 0) is 0 Å². The highest BCUT2D eigenvalue weighted by molar-refractivity contribution is 5.93. The second-order valence-corrected chi connectivity index (χ2v) is 4.66. The Morgan fingerprint density at radius 2 is 2.50 bits per heavy atom. The van der Waals surface area contributed by atoms with Gasteiger partial charge in [-0.3, -0.25) is 4.79 Å². The predicted octanol–water partition coefficient (Wildman–Crippen LogP) is 1.16. The van der Waals surface area contributed by atoms with Crippen molar-refractivity contribution < 1.29 is 9.21 Å². The van der Waals surface area contributed by atoms with Crippen molar-refractivity contribution in [1.82, 2.24) is 10.2 Å². The minimum absolute atomic E-state index is 0.0544. The van der Waals surface area contributed by atoms with E-state index in [4.69, 9.17) is 4.42 Å². The van der Waals surface area contributed by atoms with Gasteiger partial charge in [0.05, 0.1) is 12.3 Å². The average molecular weight is 220 g/mol. The second-order valence-electron chi connectivity index (χ2n) is 4.66. The summed E-state index contributed by atoms with van der Waals surface area (Å²) in [5, 5.41) is 3.37. The number of rotatable bonds is 1. The van der Waals surface area contributed by atoms with E-state index in [1.54, 1.807) is 6.26 Å². The molecule has 0 saturated carbocycles. The molecule has 16 heavy (non-hydrogen) atoms. The molecule has 0 aliphatic carbocycles. The van der Waals surface area contributed by atoms with Crippen LogP contribution in [0.4, 0.5) is 0 Å². The monoisotopic (exact) mass is 220 g/mol. The third-order valence-corrected chi connectivity index (χ3v) is 3.69. The van der Waals surface area contributed by atoms with Crippen LogP contribution >= 0.6 is 0 Å². The highest BCUT2D eigenvalue weighted by atomic mass is 16.3. The minimum Gasteiger partial charge on any atom is -0.459 e. The molecule has 2 aliphatic rings. The molecular formula is C12H16N2O2. The lowest BCUT2D eigenvalue weighted by atomic mass is 9.89. The van der Waals surface area contributed by atoms with Gasteiger partial charge in [-0.15, -0.1) is 0 Å². The van der Waals surface area contributed by atoms with Gasteiger partial charge in [0.2, 0.25) is 0 Å². The fourth-order valence-corrected chi connectivity index (χ4v) is 2.63. The van der Waals surface area contributed by atoms with Crippen molar-refractivity contribution in [2.45, 2.75) is 31.8 Å². The number of amides is 1. The average Bonchev–Trinajstić information content (AvgIpc) is 2.65. The van der Waals surface area contributed by atoms with Crippen LogP contribution in [-0.4, -0.2) is 36.0 Å². The van der Waals surface area contributed by atoms with E-state index in [0.29, 0.717) is 17.8 Å². The number of carbonyl (C=O) groups is 1. The van der Waals surface area contributed by atoms with Crippen molar-refractivity contribution in [3.8, 4) is 0 Å². The molecule has 2 aliphatic heterocycles. The quantitative estimate of drug-likeness (QED) is 0.772. The molecule has 0 bridgehead atoms. The van der Waals surface area contributed by atoms with Gasteiger partial charge in [-0.1, -0.05) is 0 Å². The van der Waals surface area contributed by atoms with Gasteiger partial charge in [-0.05, 0) is 25.8 Å². The fraction of sp³-hybridized carbons (Fsp3) is 0.583. The van der Waals surface area contributed by atoms with Crippen molar-refractivity contribution in [2.75, 3.05) is 13.1 Å². The molecule has 0 radical (unpaired) electrons. The molecule has 3 heterocycles. The third kappa shape index (κ3) is 1.37. The Bertz CT molecular complexity index is 413. The Morgan fingerprint density at radius 1 is 1.62 bits per heavy atom. The number of aryl methyl sites for hydroxylation is 1. The summed E-state index contributed by atoms with van der Waals surface area (Å²) >= 11 is 0. The summed E-state index contributed by atoms with van der Waals surface area (Å²) in [6.45, 7) is 3.70. The number of carbonyl (C=O) groups excluding carboxylic acids is 1. The molecule has 4 nitrogen and oxygen atoms in total. The number of hydrogen-bond acceptors (Lipinski definition) is 3. The van der Waals surface area contributed by atoms with Crippen LogP contribution in [0.5, 0.6) is 0 Å². The van der Waals surface area contributed by atoms with Gasteiger partial charge in [-0.2, -0.15) is 0 Å². The molecule has 4 heteroatoms. The van der Waals surface area contributed by atoms with Crippen molar-refractivity contribution in [3.05, 3.63) is 23.7 Å². The number of likely N-dealkylation sites (tertiary alicyclic amines) is 1. The van der Waals surface area contributed by atoms with E-state index >= 15 is 0 Å². The summed E-state index contributed by atoms with van der Waals surface area (Å²) in [7, 11) is 0. The number of hydrogen-bond donors (Lipinski definition) is 1. The topological polar surface area (TPSA) is 45.5 Å². The first-order chi connectivity index (χ1) is 7.77. The van der Waals surface area contributed by atoms with Crippen molar-refractivity contribution in [1.29, 1.82) is 0 Å². The van der Waals surface area contributed by atoms with Crippen LogP contribution in [0, 0.1) is 6.92 Å². The molecule has 1 amide bonds. The number of nitrogens with one attached hydrogen (secondary N) is 1. The maximum atomic E-state index is 12.3. The summed E-state index contributed by atoms with van der Waals surface area (Å²) in [6, 6.07) is 2.73. The van der Waals surface area contributed by atoms with Gasteiger partial charge in [0.15, 0.2) is 5.76 Å². The summed E-state index contributed by atoms with van der Waals surface area (Å²) < 4.78 is 5.28. The van der Waals surface area contributed by atoms with Gasteiger partial charge in [0.1, 0.15) is 0 Å². The van der Waals surface area contributed by atoms with Crippen LogP contribution in [0.1, 0.15) is 29.0 Å². The molecule has 2 unspecified atom stereocenters. The first-order valence-corrected chi connectivity index (χ1v) is 5.86. The Hall–Kier alpha value is -1.29. The molecule has 0 spiro atoms. The highest BCUT2D eigenvalue weighted by Gasteiger charge is 2.41. The lowest BCUT2D eigenvalue weighted by molar-refractivity contribution is 0.0337. The van der Waals surface area contributed by atoms with Crippen molar-refractivity contribution in [3.63, 3.8) is 0 Å². The van der Waals surface area contributed by atoms with Crippen LogP contribution in [0.2, 0.25) is 0 Å². The van der Waals surface area contributed by atoms with Gasteiger partial charge in [0.25, 0.3) is 5.91 Å². The Morgan fingerprint density at radius 3 is 3.12 bits per heavy atom.